The van der Waals surface area contributed by atoms with Gasteiger partial charge in [-0.3, -0.25) is 10.8 Å². The van der Waals surface area contributed by atoms with E-state index in [-0.39, 0.29) is 11.4 Å². The van der Waals surface area contributed by atoms with Crippen molar-refractivity contribution in [3.63, 3.8) is 0 Å². The molecule has 2 nitrogen and oxygen atoms in total. The van der Waals surface area contributed by atoms with Gasteiger partial charge in [0, 0.05) is 0 Å². The van der Waals surface area contributed by atoms with Gasteiger partial charge < -0.3 is 0 Å². The molecule has 0 bridgehead atoms. The third kappa shape index (κ3) is 2.59. The van der Waals surface area contributed by atoms with Crippen LogP contribution in [0.25, 0.3) is 0 Å². The minimum atomic E-state index is 0.160. The first-order valence-corrected chi connectivity index (χ1v) is 2.65. The van der Waals surface area contributed by atoms with Crippen molar-refractivity contribution in [2.75, 3.05) is 0 Å². The molecule has 0 heterocycles. The molecule has 0 fully saturated rings. The first kappa shape index (κ1) is 7.82. The van der Waals surface area contributed by atoms with Gasteiger partial charge in [-0.1, -0.05) is 12.7 Å². The van der Waals surface area contributed by atoms with Crippen molar-refractivity contribution in [3.05, 3.63) is 24.8 Å². The van der Waals surface area contributed by atoms with Gasteiger partial charge in [-0.15, -0.1) is 0 Å². The molecular weight excluding hydrogens is 112 g/mol. The summed E-state index contributed by atoms with van der Waals surface area (Å²) in [5.41, 5.74) is 0.362. The van der Waals surface area contributed by atoms with Gasteiger partial charge in [0.1, 0.15) is 0 Å². The van der Waals surface area contributed by atoms with E-state index in [0.29, 0.717) is 0 Å². The van der Waals surface area contributed by atoms with E-state index >= 15 is 0 Å². The van der Waals surface area contributed by atoms with E-state index in [1.807, 2.05) is 6.92 Å². The third-order valence-corrected chi connectivity index (χ3v) is 0.828. The SMILES string of the molecule is C=CC(=N)C(=N)/C=C\C. The first-order chi connectivity index (χ1) is 4.22. The van der Waals surface area contributed by atoms with Crippen LogP contribution in [0.2, 0.25) is 0 Å². The smallest absolute Gasteiger partial charge is 0.0785 e. The summed E-state index contributed by atoms with van der Waals surface area (Å²) in [6.45, 7) is 5.18. The van der Waals surface area contributed by atoms with Gasteiger partial charge in [-0.05, 0) is 19.1 Å². The van der Waals surface area contributed by atoms with Crippen LogP contribution in [0, 0.1) is 10.8 Å². The molecule has 0 aliphatic carbocycles. The summed E-state index contributed by atoms with van der Waals surface area (Å²) < 4.78 is 0. The summed E-state index contributed by atoms with van der Waals surface area (Å²) in [6, 6.07) is 0. The zero-order valence-corrected chi connectivity index (χ0v) is 5.44. The van der Waals surface area contributed by atoms with Crippen molar-refractivity contribution in [1.29, 1.82) is 10.8 Å². The topological polar surface area (TPSA) is 47.7 Å². The van der Waals surface area contributed by atoms with Gasteiger partial charge in [-0.2, -0.15) is 0 Å². The minimum absolute atomic E-state index is 0.160. The van der Waals surface area contributed by atoms with Crippen molar-refractivity contribution in [2.24, 2.45) is 0 Å². The van der Waals surface area contributed by atoms with E-state index in [2.05, 4.69) is 6.58 Å². The van der Waals surface area contributed by atoms with Crippen LogP contribution in [0.15, 0.2) is 24.8 Å². The molecule has 0 aromatic rings. The molecule has 0 atom stereocenters. The second-order valence-corrected chi connectivity index (χ2v) is 1.53. The Morgan fingerprint density at radius 2 is 1.89 bits per heavy atom. The highest BCUT2D eigenvalue weighted by Crippen LogP contribution is 1.81. The fourth-order valence-corrected chi connectivity index (χ4v) is 0.366. The van der Waals surface area contributed by atoms with Gasteiger partial charge in [0.2, 0.25) is 0 Å². The Kier molecular flexibility index (Phi) is 3.28. The van der Waals surface area contributed by atoms with Crippen molar-refractivity contribution in [1.82, 2.24) is 0 Å². The quantitative estimate of drug-likeness (QED) is 0.536. The van der Waals surface area contributed by atoms with E-state index in [1.165, 1.54) is 6.08 Å². The molecule has 0 radical (unpaired) electrons. The number of hydrogen-bond acceptors (Lipinski definition) is 2. The Labute approximate surface area is 54.9 Å². The monoisotopic (exact) mass is 122 g/mol. The van der Waals surface area contributed by atoms with Crippen LogP contribution in [-0.2, 0) is 0 Å². The summed E-state index contributed by atoms with van der Waals surface area (Å²) in [5, 5.41) is 14.2. The highest BCUT2D eigenvalue weighted by molar-refractivity contribution is 6.47. The Morgan fingerprint density at radius 1 is 1.33 bits per heavy atom. The van der Waals surface area contributed by atoms with Crippen LogP contribution in [0.4, 0.5) is 0 Å². The van der Waals surface area contributed by atoms with Gasteiger partial charge in [-0.25, -0.2) is 0 Å². The lowest BCUT2D eigenvalue weighted by Gasteiger charge is -1.89. The molecule has 0 saturated heterocycles. The van der Waals surface area contributed by atoms with Crippen molar-refractivity contribution < 1.29 is 0 Å². The van der Waals surface area contributed by atoms with Crippen LogP contribution < -0.4 is 0 Å². The molecule has 0 aromatic heterocycles. The highest BCUT2D eigenvalue weighted by atomic mass is 14.5. The van der Waals surface area contributed by atoms with Crippen LogP contribution in [0.1, 0.15) is 6.92 Å². The number of allylic oxidation sites excluding steroid dienone is 3. The van der Waals surface area contributed by atoms with Gasteiger partial charge in [0.05, 0.1) is 11.4 Å². The second-order valence-electron chi connectivity index (χ2n) is 1.53. The summed E-state index contributed by atoms with van der Waals surface area (Å²) in [7, 11) is 0. The van der Waals surface area contributed by atoms with Crippen molar-refractivity contribution >= 4 is 11.4 Å². The highest BCUT2D eigenvalue weighted by Gasteiger charge is 1.91. The molecule has 0 aliphatic rings. The Hall–Kier alpha value is -1.18. The second kappa shape index (κ2) is 3.78. The lowest BCUT2D eigenvalue weighted by molar-refractivity contribution is 1.49. The summed E-state index contributed by atoms with van der Waals surface area (Å²) in [6.07, 6.45) is 4.63. The summed E-state index contributed by atoms with van der Waals surface area (Å²) in [5.74, 6) is 0. The van der Waals surface area contributed by atoms with Gasteiger partial charge in [0.15, 0.2) is 0 Å². The van der Waals surface area contributed by atoms with E-state index in [9.17, 15) is 0 Å². The van der Waals surface area contributed by atoms with Crippen LogP contribution in [0.5, 0.6) is 0 Å². The third-order valence-electron chi connectivity index (χ3n) is 0.828. The molecule has 0 spiro atoms. The van der Waals surface area contributed by atoms with Gasteiger partial charge >= 0.3 is 0 Å². The summed E-state index contributed by atoms with van der Waals surface area (Å²) >= 11 is 0. The van der Waals surface area contributed by atoms with Gasteiger partial charge in [0.25, 0.3) is 0 Å². The minimum Gasteiger partial charge on any atom is -0.299 e. The fourth-order valence-electron chi connectivity index (χ4n) is 0.366. The predicted octanol–water partition coefficient (Wildman–Crippen LogP) is 1.79. The maximum atomic E-state index is 7.11. The first-order valence-electron chi connectivity index (χ1n) is 2.65. The fraction of sp³-hybridized carbons (Fsp3) is 0.143. The molecule has 0 rings (SSSR count). The maximum absolute atomic E-state index is 7.11. The lowest BCUT2D eigenvalue weighted by atomic mass is 10.2. The molecule has 0 unspecified atom stereocenters. The Morgan fingerprint density at radius 3 is 2.22 bits per heavy atom. The van der Waals surface area contributed by atoms with Crippen LogP contribution >= 0.6 is 0 Å². The maximum Gasteiger partial charge on any atom is 0.0785 e. The van der Waals surface area contributed by atoms with E-state index in [1.54, 1.807) is 12.2 Å². The van der Waals surface area contributed by atoms with E-state index < -0.39 is 0 Å². The van der Waals surface area contributed by atoms with Crippen molar-refractivity contribution in [3.8, 4) is 0 Å². The molecule has 48 valence electrons. The molecule has 0 saturated carbocycles. The normalized spacial score (nSPS) is 9.44. The largest absolute Gasteiger partial charge is 0.299 e. The number of rotatable bonds is 3. The van der Waals surface area contributed by atoms with E-state index in [4.69, 9.17) is 10.8 Å². The average Bonchev–Trinajstić information content (AvgIpc) is 1.87. The predicted molar refractivity (Wildman–Crippen MR) is 40.5 cm³/mol. The Balaban J connectivity index is 4.04. The molecule has 0 amide bonds. The molecule has 0 aromatic carbocycles. The molecule has 0 aliphatic heterocycles. The standard InChI is InChI=1S/C7H10N2/c1-3-5-7(9)6(8)4-2/h3-5,8-9H,2H2,1H3/b5-3-,8-6?,9-7?. The zero-order chi connectivity index (χ0) is 7.28. The van der Waals surface area contributed by atoms with E-state index in [0.717, 1.165) is 0 Å². The molecule has 2 heteroatoms. The number of hydrogen-bond donors (Lipinski definition) is 2. The van der Waals surface area contributed by atoms with Crippen molar-refractivity contribution in [2.45, 2.75) is 6.92 Å². The zero-order valence-electron chi connectivity index (χ0n) is 5.44. The lowest BCUT2D eigenvalue weighted by Crippen LogP contribution is -2.03. The number of nitrogens with one attached hydrogen (secondary N) is 2. The Bertz CT molecular complexity index is 166. The average molecular weight is 122 g/mol. The molecule has 2 N–H and O–H groups in total. The molecule has 9 heavy (non-hydrogen) atoms. The summed E-state index contributed by atoms with van der Waals surface area (Å²) in [4.78, 5) is 0. The van der Waals surface area contributed by atoms with Crippen LogP contribution in [0.3, 0.4) is 0 Å². The van der Waals surface area contributed by atoms with Crippen LogP contribution in [-0.4, -0.2) is 11.4 Å². The molecular formula is C7H10N2.